The van der Waals surface area contributed by atoms with E-state index in [9.17, 15) is 9.90 Å². The summed E-state index contributed by atoms with van der Waals surface area (Å²) in [4.78, 5) is 12.6. The van der Waals surface area contributed by atoms with Crippen molar-refractivity contribution in [3.8, 4) is 5.75 Å². The first-order chi connectivity index (χ1) is 13.0. The van der Waals surface area contributed by atoms with E-state index >= 15 is 0 Å². The van der Waals surface area contributed by atoms with Crippen molar-refractivity contribution in [2.75, 3.05) is 6.54 Å². The molecule has 1 amide bonds. The van der Waals surface area contributed by atoms with Crippen LogP contribution in [0.25, 0.3) is 0 Å². The molecule has 0 unspecified atom stereocenters. The minimum absolute atomic E-state index is 0.144. The fourth-order valence-corrected chi connectivity index (χ4v) is 3.77. The van der Waals surface area contributed by atoms with Crippen LogP contribution in [0.1, 0.15) is 59.2 Å². The molecule has 144 valence electrons. The van der Waals surface area contributed by atoms with Crippen LogP contribution in [-0.4, -0.2) is 23.2 Å². The van der Waals surface area contributed by atoms with Gasteiger partial charge in [-0.2, -0.15) is 0 Å². The van der Waals surface area contributed by atoms with Crippen LogP contribution >= 0.6 is 0 Å². The summed E-state index contributed by atoms with van der Waals surface area (Å²) in [5.74, 6) is 0.677. The molecule has 0 heterocycles. The number of aliphatic hydroxyl groups is 1. The minimum atomic E-state index is -0.753. The molecule has 2 aromatic rings. The fourth-order valence-electron chi connectivity index (χ4n) is 3.77. The zero-order valence-corrected chi connectivity index (χ0v) is 16.3. The third kappa shape index (κ3) is 5.10. The molecule has 0 saturated heterocycles. The van der Waals surface area contributed by atoms with Gasteiger partial charge in [-0.15, -0.1) is 0 Å². The molecule has 0 aliphatic heterocycles. The summed E-state index contributed by atoms with van der Waals surface area (Å²) in [5.41, 5.74) is 2.84. The van der Waals surface area contributed by atoms with Crippen LogP contribution in [0.3, 0.4) is 0 Å². The molecule has 1 saturated carbocycles. The first-order valence-corrected chi connectivity index (χ1v) is 9.75. The second-order valence-electron chi connectivity index (χ2n) is 7.68. The molecule has 3 rings (SSSR count). The number of carbonyl (C=O) groups is 1. The summed E-state index contributed by atoms with van der Waals surface area (Å²) in [6.07, 6.45) is 4.74. The number of amides is 1. The molecule has 1 aliphatic carbocycles. The number of hydrogen-bond donors (Lipinski definition) is 2. The largest absolute Gasteiger partial charge is 0.488 e. The standard InChI is InChI=1S/C23H29NO3/c1-17-13-20(22(25)24-16-23(26)11-7-4-8-12-23)14-18(2)21(17)27-15-19-9-5-3-6-10-19/h3,5-6,9-10,13-14,26H,4,7-8,11-12,15-16H2,1-2H3,(H,24,25). The highest BCUT2D eigenvalue weighted by atomic mass is 16.5. The number of benzene rings is 2. The zero-order chi connectivity index (χ0) is 19.3. The Morgan fingerprint density at radius 3 is 2.33 bits per heavy atom. The minimum Gasteiger partial charge on any atom is -0.488 e. The molecule has 4 heteroatoms. The Hall–Kier alpha value is -2.33. The van der Waals surface area contributed by atoms with E-state index in [2.05, 4.69) is 5.32 Å². The van der Waals surface area contributed by atoms with Gasteiger partial charge in [-0.3, -0.25) is 4.79 Å². The SMILES string of the molecule is Cc1cc(C(=O)NCC2(O)CCCCC2)cc(C)c1OCc1ccccc1. The zero-order valence-electron chi connectivity index (χ0n) is 16.3. The van der Waals surface area contributed by atoms with Crippen LogP contribution in [0.15, 0.2) is 42.5 Å². The summed E-state index contributed by atoms with van der Waals surface area (Å²) < 4.78 is 5.99. The molecule has 0 bridgehead atoms. The van der Waals surface area contributed by atoms with E-state index in [-0.39, 0.29) is 5.91 Å². The lowest BCUT2D eigenvalue weighted by Gasteiger charge is -2.32. The molecule has 0 spiro atoms. The molecule has 2 aromatic carbocycles. The third-order valence-electron chi connectivity index (χ3n) is 5.31. The van der Waals surface area contributed by atoms with E-state index in [1.165, 1.54) is 6.42 Å². The van der Waals surface area contributed by atoms with Crippen molar-refractivity contribution >= 4 is 5.91 Å². The summed E-state index contributed by atoms with van der Waals surface area (Å²) in [6, 6.07) is 13.7. The van der Waals surface area contributed by atoms with Gasteiger partial charge in [-0.05, 0) is 55.5 Å². The lowest BCUT2D eigenvalue weighted by Crippen LogP contribution is -2.44. The molecule has 0 atom stereocenters. The average molecular weight is 367 g/mol. The van der Waals surface area contributed by atoms with Gasteiger partial charge in [0.1, 0.15) is 12.4 Å². The van der Waals surface area contributed by atoms with E-state index in [1.54, 1.807) is 0 Å². The normalized spacial score (nSPS) is 16.0. The van der Waals surface area contributed by atoms with Crippen LogP contribution in [-0.2, 0) is 6.61 Å². The van der Waals surface area contributed by atoms with Crippen LogP contribution in [0.5, 0.6) is 5.75 Å². The maximum Gasteiger partial charge on any atom is 0.251 e. The van der Waals surface area contributed by atoms with Crippen LogP contribution in [0.4, 0.5) is 0 Å². The number of hydrogen-bond acceptors (Lipinski definition) is 3. The Morgan fingerprint density at radius 1 is 1.07 bits per heavy atom. The van der Waals surface area contributed by atoms with E-state index in [4.69, 9.17) is 4.74 Å². The van der Waals surface area contributed by atoms with Gasteiger partial charge in [0, 0.05) is 12.1 Å². The van der Waals surface area contributed by atoms with Crippen LogP contribution < -0.4 is 10.1 Å². The Bertz CT molecular complexity index is 756. The Morgan fingerprint density at radius 2 is 1.70 bits per heavy atom. The van der Waals surface area contributed by atoms with Gasteiger partial charge in [0.2, 0.25) is 0 Å². The average Bonchev–Trinajstić information content (AvgIpc) is 2.67. The smallest absolute Gasteiger partial charge is 0.251 e. The quantitative estimate of drug-likeness (QED) is 0.800. The molecule has 0 aromatic heterocycles. The van der Waals surface area contributed by atoms with Crippen molar-refractivity contribution < 1.29 is 14.6 Å². The molecule has 1 fully saturated rings. The molecule has 27 heavy (non-hydrogen) atoms. The second-order valence-corrected chi connectivity index (χ2v) is 7.68. The highest BCUT2D eigenvalue weighted by Gasteiger charge is 2.29. The molecular weight excluding hydrogens is 338 g/mol. The van der Waals surface area contributed by atoms with Crippen molar-refractivity contribution in [1.82, 2.24) is 5.32 Å². The van der Waals surface area contributed by atoms with Gasteiger partial charge < -0.3 is 15.2 Å². The molecule has 1 aliphatic rings. The predicted octanol–water partition coefficient (Wildman–Crippen LogP) is 4.31. The molecular formula is C23H29NO3. The number of rotatable bonds is 6. The monoisotopic (exact) mass is 367 g/mol. The van der Waals surface area contributed by atoms with Gasteiger partial charge in [0.25, 0.3) is 5.91 Å². The summed E-state index contributed by atoms with van der Waals surface area (Å²) in [5, 5.41) is 13.5. The highest BCUT2D eigenvalue weighted by Crippen LogP contribution is 2.28. The van der Waals surface area contributed by atoms with Gasteiger partial charge >= 0.3 is 0 Å². The maximum atomic E-state index is 12.6. The van der Waals surface area contributed by atoms with Crippen molar-refractivity contribution in [3.05, 3.63) is 64.7 Å². The van der Waals surface area contributed by atoms with Crippen LogP contribution in [0.2, 0.25) is 0 Å². The first-order valence-electron chi connectivity index (χ1n) is 9.75. The fraction of sp³-hybridized carbons (Fsp3) is 0.435. The maximum absolute atomic E-state index is 12.6. The van der Waals surface area contributed by atoms with Crippen molar-refractivity contribution in [2.45, 2.75) is 58.2 Å². The van der Waals surface area contributed by atoms with Crippen molar-refractivity contribution in [1.29, 1.82) is 0 Å². The molecule has 2 N–H and O–H groups in total. The predicted molar refractivity (Wildman–Crippen MR) is 107 cm³/mol. The van der Waals surface area contributed by atoms with Gasteiger partial charge in [0.05, 0.1) is 5.60 Å². The first kappa shape index (κ1) is 19.4. The number of ether oxygens (including phenoxy) is 1. The number of aryl methyl sites for hydroxylation is 2. The van der Waals surface area contributed by atoms with Crippen molar-refractivity contribution in [3.63, 3.8) is 0 Å². The Balaban J connectivity index is 1.63. The summed E-state index contributed by atoms with van der Waals surface area (Å²) >= 11 is 0. The number of nitrogens with one attached hydrogen (secondary N) is 1. The van der Waals surface area contributed by atoms with E-state index < -0.39 is 5.60 Å². The summed E-state index contributed by atoms with van der Waals surface area (Å²) in [7, 11) is 0. The van der Waals surface area contributed by atoms with E-state index in [1.807, 2.05) is 56.3 Å². The molecule has 4 nitrogen and oxygen atoms in total. The van der Waals surface area contributed by atoms with Crippen molar-refractivity contribution in [2.24, 2.45) is 0 Å². The van der Waals surface area contributed by atoms with Gasteiger partial charge in [-0.1, -0.05) is 49.6 Å². The van der Waals surface area contributed by atoms with Gasteiger partial charge in [0.15, 0.2) is 0 Å². The van der Waals surface area contributed by atoms with E-state index in [0.29, 0.717) is 18.7 Å². The van der Waals surface area contributed by atoms with Gasteiger partial charge in [-0.25, -0.2) is 0 Å². The van der Waals surface area contributed by atoms with Crippen LogP contribution in [0, 0.1) is 13.8 Å². The second kappa shape index (κ2) is 8.57. The topological polar surface area (TPSA) is 58.6 Å². The Kier molecular flexibility index (Phi) is 6.17. The lowest BCUT2D eigenvalue weighted by atomic mass is 9.85. The number of carbonyl (C=O) groups excluding carboxylic acids is 1. The molecule has 0 radical (unpaired) electrons. The lowest BCUT2D eigenvalue weighted by molar-refractivity contribution is 0.00525. The third-order valence-corrected chi connectivity index (χ3v) is 5.31. The highest BCUT2D eigenvalue weighted by molar-refractivity contribution is 5.95. The summed E-state index contributed by atoms with van der Waals surface area (Å²) in [6.45, 7) is 4.73. The Labute approximate surface area is 161 Å². The van der Waals surface area contributed by atoms with E-state index in [0.717, 1.165) is 48.1 Å².